The summed E-state index contributed by atoms with van der Waals surface area (Å²) in [5.41, 5.74) is 3.43. The van der Waals surface area contributed by atoms with Gasteiger partial charge in [0.05, 0.1) is 13.2 Å². The van der Waals surface area contributed by atoms with Gasteiger partial charge < -0.3 is 9.64 Å². The summed E-state index contributed by atoms with van der Waals surface area (Å²) in [6.45, 7) is 10.8. The molecule has 0 aliphatic carbocycles. The van der Waals surface area contributed by atoms with Crippen molar-refractivity contribution < 1.29 is 4.74 Å². The number of rotatable bonds is 6. The number of nitrogens with zero attached hydrogens (tertiary/aromatic N) is 3. The number of anilines is 1. The van der Waals surface area contributed by atoms with Gasteiger partial charge in [-0.1, -0.05) is 0 Å². The molecule has 0 amide bonds. The first-order valence-corrected chi connectivity index (χ1v) is 7.41. The minimum Gasteiger partial charge on any atom is -0.379 e. The highest BCUT2D eigenvalue weighted by atomic mass is 32.1. The lowest BCUT2D eigenvalue weighted by Gasteiger charge is -2.26. The molecule has 0 aromatic carbocycles. The number of ether oxygens (including phenoxy) is 1. The Morgan fingerprint density at radius 2 is 2.11 bits per heavy atom. The van der Waals surface area contributed by atoms with Crippen LogP contribution in [0, 0.1) is 0 Å². The molecule has 5 nitrogen and oxygen atoms in total. The summed E-state index contributed by atoms with van der Waals surface area (Å²) in [5, 5.41) is 3.35. The van der Waals surface area contributed by atoms with E-state index in [1.54, 1.807) is 11.3 Å². The van der Waals surface area contributed by atoms with Gasteiger partial charge in [-0.3, -0.25) is 0 Å². The molecule has 0 atom stereocenters. The van der Waals surface area contributed by atoms with Gasteiger partial charge in [-0.05, 0) is 13.8 Å². The molecule has 2 rings (SSSR count). The van der Waals surface area contributed by atoms with Crippen LogP contribution >= 0.6 is 11.3 Å². The van der Waals surface area contributed by atoms with Gasteiger partial charge in [0.1, 0.15) is 0 Å². The minimum atomic E-state index is 0.820. The monoisotopic (exact) mass is 270 g/mol. The third-order valence-corrected chi connectivity index (χ3v) is 4.12. The topological polar surface area (TPSA) is 40.6 Å². The molecule has 1 aromatic rings. The number of nitrogens with one attached hydrogen (secondary N) is 1. The van der Waals surface area contributed by atoms with Crippen molar-refractivity contribution in [3.05, 3.63) is 11.1 Å². The Labute approximate surface area is 113 Å². The van der Waals surface area contributed by atoms with E-state index in [-0.39, 0.29) is 0 Å². The van der Waals surface area contributed by atoms with Crippen molar-refractivity contribution in [3.63, 3.8) is 0 Å². The predicted molar refractivity (Wildman–Crippen MR) is 74.9 cm³/mol. The van der Waals surface area contributed by atoms with E-state index in [1.807, 2.05) is 6.20 Å². The molecule has 0 spiro atoms. The van der Waals surface area contributed by atoms with E-state index >= 15 is 0 Å². The lowest BCUT2D eigenvalue weighted by atomic mass is 10.5. The number of hydrogen-bond acceptors (Lipinski definition) is 6. The number of hydrazine groups is 1. The Hall–Kier alpha value is -0.690. The third kappa shape index (κ3) is 3.65. The lowest BCUT2D eigenvalue weighted by Crippen LogP contribution is -2.45. The summed E-state index contributed by atoms with van der Waals surface area (Å²) in [6.07, 6.45) is 1.98. The van der Waals surface area contributed by atoms with Crippen LogP contribution in [0.5, 0.6) is 0 Å². The van der Waals surface area contributed by atoms with Gasteiger partial charge >= 0.3 is 0 Å². The van der Waals surface area contributed by atoms with Gasteiger partial charge in [0.25, 0.3) is 0 Å². The summed E-state index contributed by atoms with van der Waals surface area (Å²) in [4.78, 5) is 8.04. The van der Waals surface area contributed by atoms with Crippen LogP contribution in [-0.2, 0) is 11.3 Å². The van der Waals surface area contributed by atoms with Crippen LogP contribution in [0.15, 0.2) is 6.20 Å². The highest BCUT2D eigenvalue weighted by Gasteiger charge is 2.11. The Balaban J connectivity index is 1.82. The molecule has 0 bridgehead atoms. The fourth-order valence-electron chi connectivity index (χ4n) is 1.93. The van der Waals surface area contributed by atoms with Crippen molar-refractivity contribution in [2.75, 3.05) is 44.3 Å². The third-order valence-electron chi connectivity index (χ3n) is 3.06. The number of aromatic nitrogens is 1. The maximum Gasteiger partial charge on any atom is 0.185 e. The van der Waals surface area contributed by atoms with Crippen molar-refractivity contribution >= 4 is 16.5 Å². The quantitative estimate of drug-likeness (QED) is 0.844. The fraction of sp³-hybridized carbons (Fsp3) is 0.750. The average molecular weight is 270 g/mol. The van der Waals surface area contributed by atoms with E-state index in [4.69, 9.17) is 4.74 Å². The maximum atomic E-state index is 5.32. The molecule has 0 saturated carbocycles. The van der Waals surface area contributed by atoms with Crippen LogP contribution in [0.1, 0.15) is 18.7 Å². The number of morpholine rings is 1. The van der Waals surface area contributed by atoms with Crippen molar-refractivity contribution in [1.29, 1.82) is 0 Å². The molecule has 2 heterocycles. The molecule has 1 aromatic heterocycles. The van der Waals surface area contributed by atoms with Gasteiger partial charge in [0.2, 0.25) is 0 Å². The van der Waals surface area contributed by atoms with Crippen LogP contribution in [0.25, 0.3) is 0 Å². The molecule has 1 aliphatic rings. The van der Waals surface area contributed by atoms with Gasteiger partial charge in [-0.15, -0.1) is 11.3 Å². The van der Waals surface area contributed by atoms with E-state index in [1.165, 1.54) is 4.88 Å². The van der Waals surface area contributed by atoms with E-state index in [2.05, 4.69) is 34.2 Å². The highest BCUT2D eigenvalue weighted by molar-refractivity contribution is 7.15. The Morgan fingerprint density at radius 3 is 2.78 bits per heavy atom. The van der Waals surface area contributed by atoms with Crippen molar-refractivity contribution in [2.45, 2.75) is 20.4 Å². The van der Waals surface area contributed by atoms with Crippen molar-refractivity contribution in [1.82, 2.24) is 15.4 Å². The minimum absolute atomic E-state index is 0.820. The lowest BCUT2D eigenvalue weighted by molar-refractivity contribution is 0.0107. The first kappa shape index (κ1) is 13.7. The Bertz CT molecular complexity index is 348. The zero-order valence-corrected chi connectivity index (χ0v) is 12.0. The molecule has 1 saturated heterocycles. The van der Waals surface area contributed by atoms with E-state index in [9.17, 15) is 0 Å². The molecule has 6 heteroatoms. The summed E-state index contributed by atoms with van der Waals surface area (Å²) >= 11 is 1.77. The summed E-state index contributed by atoms with van der Waals surface area (Å²) < 4.78 is 5.32. The summed E-state index contributed by atoms with van der Waals surface area (Å²) in [7, 11) is 0. The Kier molecular flexibility index (Phi) is 5.37. The molecule has 1 fully saturated rings. The van der Waals surface area contributed by atoms with E-state index in [0.717, 1.165) is 51.1 Å². The first-order chi connectivity index (χ1) is 8.83. The standard InChI is InChI=1S/C12H22N4OS/c1-3-15(4-2)12-13-9-11(18-12)10-14-16-5-7-17-8-6-16/h9,14H,3-8,10H2,1-2H3. The van der Waals surface area contributed by atoms with Crippen LogP contribution in [0.4, 0.5) is 5.13 Å². The van der Waals surface area contributed by atoms with Crippen LogP contribution in [0.2, 0.25) is 0 Å². The SMILES string of the molecule is CCN(CC)c1ncc(CNN2CCOCC2)s1. The molecule has 1 aliphatic heterocycles. The number of hydrogen-bond donors (Lipinski definition) is 1. The second-order valence-corrected chi connectivity index (χ2v) is 5.31. The van der Waals surface area contributed by atoms with Gasteiger partial charge in [0, 0.05) is 43.8 Å². The zero-order chi connectivity index (χ0) is 12.8. The molecule has 0 unspecified atom stereocenters. The molecule has 102 valence electrons. The van der Waals surface area contributed by atoms with E-state index < -0.39 is 0 Å². The predicted octanol–water partition coefficient (Wildman–Crippen LogP) is 1.33. The molecular formula is C12H22N4OS. The molecule has 0 radical (unpaired) electrons. The number of thiazole rings is 1. The van der Waals surface area contributed by atoms with Crippen LogP contribution < -0.4 is 10.3 Å². The average Bonchev–Trinajstić information content (AvgIpc) is 2.88. The molecule has 18 heavy (non-hydrogen) atoms. The highest BCUT2D eigenvalue weighted by Crippen LogP contribution is 2.22. The van der Waals surface area contributed by atoms with Gasteiger partial charge in [-0.2, -0.15) is 0 Å². The van der Waals surface area contributed by atoms with E-state index in [0.29, 0.717) is 0 Å². The van der Waals surface area contributed by atoms with Crippen molar-refractivity contribution in [3.8, 4) is 0 Å². The van der Waals surface area contributed by atoms with Crippen LogP contribution in [0.3, 0.4) is 0 Å². The Morgan fingerprint density at radius 1 is 1.39 bits per heavy atom. The fourth-order valence-corrected chi connectivity index (χ4v) is 2.90. The molecule has 1 N–H and O–H groups in total. The summed E-state index contributed by atoms with van der Waals surface area (Å²) in [5.74, 6) is 0. The largest absolute Gasteiger partial charge is 0.379 e. The molecular weight excluding hydrogens is 248 g/mol. The maximum absolute atomic E-state index is 5.32. The van der Waals surface area contributed by atoms with Gasteiger partial charge in [-0.25, -0.2) is 15.4 Å². The first-order valence-electron chi connectivity index (χ1n) is 6.59. The van der Waals surface area contributed by atoms with Crippen molar-refractivity contribution in [2.24, 2.45) is 0 Å². The summed E-state index contributed by atoms with van der Waals surface area (Å²) in [6, 6.07) is 0. The zero-order valence-electron chi connectivity index (χ0n) is 11.2. The second kappa shape index (κ2) is 7.04. The normalized spacial score (nSPS) is 17.0. The van der Waals surface area contributed by atoms with Gasteiger partial charge in [0.15, 0.2) is 5.13 Å². The second-order valence-electron chi connectivity index (χ2n) is 4.22. The van der Waals surface area contributed by atoms with Crippen LogP contribution in [-0.4, -0.2) is 49.4 Å². The smallest absolute Gasteiger partial charge is 0.185 e.